The summed E-state index contributed by atoms with van der Waals surface area (Å²) in [6, 6.07) is 56.1. The fraction of sp³-hybridized carbons (Fsp3) is 0.432. The van der Waals surface area contributed by atoms with E-state index in [1.807, 2.05) is 0 Å². The zero-order valence-electron chi connectivity index (χ0n) is 51.1. The molecule has 0 nitrogen and oxygen atoms in total. The molecule has 0 aliphatic rings. The SMILES string of the molecule is CCCCCCCc1cc2c(-c3ccc(C(C)(C)C)cc3)ccc(-c3ccc(C(C)(C)C)cc3)c2[cH-]1.CCCCCCCc1cc2c(-c3ccc(C(C)(C)C)cc3)ccc(-c3ccc(C(C)(C)C)cc3)c2[cH-]1.C[Si](C)=[Zr+2].[Cl-].[Cl-]. The van der Waals surface area contributed by atoms with Crippen molar-refractivity contribution in [3.8, 4) is 44.5 Å². The van der Waals surface area contributed by atoms with Crippen LogP contribution in [-0.2, 0) is 57.8 Å². The largest absolute Gasteiger partial charge is 1.00 e. The van der Waals surface area contributed by atoms with Crippen molar-refractivity contribution >= 4 is 27.0 Å². The molecule has 8 aromatic carbocycles. The summed E-state index contributed by atoms with van der Waals surface area (Å²) < 4.78 is 0. The maximum absolute atomic E-state index is 2.47. The number of halogens is 2. The molecule has 4 heteroatoms. The number of fused-ring (bicyclic) bond motifs is 2. The van der Waals surface area contributed by atoms with Crippen LogP contribution in [0.4, 0.5) is 0 Å². The van der Waals surface area contributed by atoms with Crippen molar-refractivity contribution in [2.75, 3.05) is 0 Å². The molecule has 0 aliphatic heterocycles. The van der Waals surface area contributed by atoms with Crippen molar-refractivity contribution in [1.29, 1.82) is 0 Å². The Hall–Kier alpha value is -3.78. The predicted octanol–water partition coefficient (Wildman–Crippen LogP) is 16.8. The topological polar surface area (TPSA) is 0 Å². The third kappa shape index (κ3) is 18.6. The fourth-order valence-corrected chi connectivity index (χ4v) is 10.5. The normalized spacial score (nSPS) is 11.8. The van der Waals surface area contributed by atoms with Crippen LogP contribution >= 0.6 is 0 Å². The van der Waals surface area contributed by atoms with Gasteiger partial charge in [-0.15, -0.1) is 44.8 Å². The Morgan fingerprint density at radius 1 is 0.346 bits per heavy atom. The van der Waals surface area contributed by atoms with E-state index in [9.17, 15) is 0 Å². The summed E-state index contributed by atoms with van der Waals surface area (Å²) in [7, 11) is 0. The zero-order chi connectivity index (χ0) is 55.4. The molecule has 0 saturated heterocycles. The first kappa shape index (κ1) is 66.7. The number of aryl methyl sites for hydroxylation is 2. The number of rotatable bonds is 16. The van der Waals surface area contributed by atoms with Crippen LogP contribution in [0.3, 0.4) is 0 Å². The minimum atomic E-state index is 0. The summed E-state index contributed by atoms with van der Waals surface area (Å²) in [4.78, 5) is 0. The molecule has 0 fully saturated rings. The maximum Gasteiger partial charge on any atom is -1.00 e. The van der Waals surface area contributed by atoms with E-state index in [1.54, 1.807) is 23.3 Å². The van der Waals surface area contributed by atoms with Gasteiger partial charge >= 0.3 is 41.9 Å². The second-order valence-electron chi connectivity index (χ2n) is 26.3. The molecule has 0 radical (unpaired) electrons. The average molecular weight is 1180 g/mol. The first-order valence-electron chi connectivity index (χ1n) is 29.3. The molecule has 0 aliphatic carbocycles. The van der Waals surface area contributed by atoms with Crippen LogP contribution in [0.5, 0.6) is 0 Å². The van der Waals surface area contributed by atoms with E-state index >= 15 is 0 Å². The molecule has 0 bridgehead atoms. The van der Waals surface area contributed by atoms with Gasteiger partial charge in [0.15, 0.2) is 0 Å². The van der Waals surface area contributed by atoms with E-state index < -0.39 is 0 Å². The van der Waals surface area contributed by atoms with Crippen LogP contribution in [0.25, 0.3) is 66.1 Å². The molecule has 0 unspecified atom stereocenters. The first-order chi connectivity index (χ1) is 35.9. The summed E-state index contributed by atoms with van der Waals surface area (Å²) in [5, 5.41) is 5.55. The molecule has 416 valence electrons. The van der Waals surface area contributed by atoms with E-state index in [0.717, 1.165) is 0 Å². The molecule has 78 heavy (non-hydrogen) atoms. The quantitative estimate of drug-likeness (QED) is 0.0514. The summed E-state index contributed by atoms with van der Waals surface area (Å²) in [5.41, 5.74) is 20.0. The van der Waals surface area contributed by atoms with E-state index in [1.165, 1.54) is 176 Å². The van der Waals surface area contributed by atoms with Gasteiger partial charge in [-0.05, 0) is 67.9 Å². The molecular formula is C74H96Cl2SiZr-2. The van der Waals surface area contributed by atoms with Crippen molar-refractivity contribution in [3.05, 3.63) is 179 Å². The van der Waals surface area contributed by atoms with Crippen molar-refractivity contribution in [3.63, 3.8) is 0 Å². The summed E-state index contributed by atoms with van der Waals surface area (Å²) in [6.45, 7) is 36.6. The van der Waals surface area contributed by atoms with Crippen molar-refractivity contribution in [2.24, 2.45) is 0 Å². The molecule has 0 atom stereocenters. The third-order valence-corrected chi connectivity index (χ3v) is 15.3. The van der Waals surface area contributed by atoms with Crippen LogP contribution in [-0.4, -0.2) is 5.43 Å². The molecule has 0 N–H and O–H groups in total. The average Bonchev–Trinajstić information content (AvgIpc) is 4.00. The number of hydrogen-bond acceptors (Lipinski definition) is 0. The van der Waals surface area contributed by atoms with Gasteiger partial charge in [0, 0.05) is 0 Å². The fourth-order valence-electron chi connectivity index (χ4n) is 10.5. The third-order valence-electron chi connectivity index (χ3n) is 15.3. The molecule has 0 aromatic heterocycles. The summed E-state index contributed by atoms with van der Waals surface area (Å²) >= 11 is 1.74. The molecule has 0 spiro atoms. The van der Waals surface area contributed by atoms with Gasteiger partial charge in [0.05, 0.1) is 0 Å². The molecule has 8 rings (SSSR count). The van der Waals surface area contributed by atoms with Crippen molar-refractivity contribution in [1.82, 2.24) is 0 Å². The van der Waals surface area contributed by atoms with Gasteiger partial charge in [-0.1, -0.05) is 316 Å². The van der Waals surface area contributed by atoms with Gasteiger partial charge in [-0.25, -0.2) is 0 Å². The Balaban J connectivity index is 0.000000307. The Morgan fingerprint density at radius 3 is 0.821 bits per heavy atom. The van der Waals surface area contributed by atoms with Crippen LogP contribution in [0.1, 0.15) is 195 Å². The van der Waals surface area contributed by atoms with E-state index in [0.29, 0.717) is 0 Å². The summed E-state index contributed by atoms with van der Waals surface area (Å²) in [6.07, 6.45) is 15.6. The number of unbranched alkanes of at least 4 members (excludes halogenated alkanes) is 8. The molecule has 0 heterocycles. The van der Waals surface area contributed by atoms with Crippen molar-refractivity contribution in [2.45, 2.75) is 209 Å². The van der Waals surface area contributed by atoms with Crippen LogP contribution < -0.4 is 24.8 Å². The van der Waals surface area contributed by atoms with Gasteiger partial charge < -0.3 is 24.8 Å². The van der Waals surface area contributed by atoms with Crippen molar-refractivity contribution < 1.29 is 48.1 Å². The number of hydrogen-bond donors (Lipinski definition) is 0. The Kier molecular flexibility index (Phi) is 25.5. The number of benzene rings is 6. The van der Waals surface area contributed by atoms with Gasteiger partial charge in [0.2, 0.25) is 0 Å². The monoisotopic (exact) mass is 1170 g/mol. The Labute approximate surface area is 503 Å². The second-order valence-corrected chi connectivity index (χ2v) is 35.7. The van der Waals surface area contributed by atoms with Gasteiger partial charge in [-0.3, -0.25) is 0 Å². The Morgan fingerprint density at radius 2 is 0.577 bits per heavy atom. The molecule has 0 saturated carbocycles. The van der Waals surface area contributed by atoms with E-state index in [-0.39, 0.29) is 51.9 Å². The minimum Gasteiger partial charge on any atom is -1.00 e. The minimum absolute atomic E-state index is 0. The predicted molar refractivity (Wildman–Crippen MR) is 338 cm³/mol. The van der Waals surface area contributed by atoms with E-state index in [4.69, 9.17) is 0 Å². The van der Waals surface area contributed by atoms with Crippen LogP contribution in [0.15, 0.2) is 146 Å². The molecule has 8 aromatic rings. The standard InChI is InChI=1S/2C36H45.C2H6Si.2ClH.Zr/c2*1-8-9-10-11-12-13-26-24-33-31(27-14-18-29(19-15-27)35(2,3)4)22-23-32(34(33)25-26)28-16-20-30(21-17-28)36(5,6)7;1-3-2;;;/h2*14-25H,8-13H2,1-7H3;1-2H3;2*1H;/q2*-1;;;;+2/p-2. The van der Waals surface area contributed by atoms with Gasteiger partial charge in [0.1, 0.15) is 0 Å². The molecular weight excluding hydrogens is 1080 g/mol. The second kappa shape index (κ2) is 29.8. The van der Waals surface area contributed by atoms with E-state index in [2.05, 4.69) is 256 Å². The van der Waals surface area contributed by atoms with Gasteiger partial charge in [-0.2, -0.15) is 12.1 Å². The Bertz CT molecular complexity index is 2680. The van der Waals surface area contributed by atoms with Crippen LogP contribution in [0.2, 0.25) is 13.1 Å². The zero-order valence-corrected chi connectivity index (χ0v) is 56.1. The maximum atomic E-state index is 2.47. The molecule has 0 amide bonds. The first-order valence-corrected chi connectivity index (χ1v) is 35.5. The van der Waals surface area contributed by atoms with Crippen LogP contribution in [0, 0.1) is 0 Å². The van der Waals surface area contributed by atoms with Gasteiger partial charge in [0.25, 0.3) is 0 Å². The smallest absolute Gasteiger partial charge is 1.00 e. The summed E-state index contributed by atoms with van der Waals surface area (Å²) in [5.74, 6) is 0.